The highest BCUT2D eigenvalue weighted by Gasteiger charge is 2.30. The predicted molar refractivity (Wildman–Crippen MR) is 87.8 cm³/mol. The van der Waals surface area contributed by atoms with Crippen LogP contribution in [0.5, 0.6) is 0 Å². The van der Waals surface area contributed by atoms with Crippen LogP contribution in [0.15, 0.2) is 66.4 Å². The SMILES string of the molecule is C=C(Cc1ccc(C(F)(F)F)cc1)[Si](C)(C)c1ccccc1. The van der Waals surface area contributed by atoms with Crippen LogP contribution in [0.3, 0.4) is 0 Å². The smallest absolute Gasteiger partial charge is 0.166 e. The van der Waals surface area contributed by atoms with E-state index in [1.807, 2.05) is 18.2 Å². The molecule has 0 nitrogen and oxygen atoms in total. The molecule has 0 saturated carbocycles. The van der Waals surface area contributed by atoms with Crippen molar-refractivity contribution in [2.45, 2.75) is 25.7 Å². The summed E-state index contributed by atoms with van der Waals surface area (Å²) in [5.41, 5.74) is 0.260. The van der Waals surface area contributed by atoms with Crippen LogP contribution in [-0.2, 0) is 12.6 Å². The summed E-state index contributed by atoms with van der Waals surface area (Å²) in [5.74, 6) is 0. The predicted octanol–water partition coefficient (Wildman–Crippen LogP) is 4.96. The van der Waals surface area contributed by atoms with Crippen molar-refractivity contribution in [1.82, 2.24) is 0 Å². The summed E-state index contributed by atoms with van der Waals surface area (Å²) in [6.45, 7) is 8.64. The van der Waals surface area contributed by atoms with Gasteiger partial charge in [-0.25, -0.2) is 0 Å². The third-order valence-corrected chi connectivity index (χ3v) is 7.80. The van der Waals surface area contributed by atoms with Crippen LogP contribution in [0.25, 0.3) is 0 Å². The molecule has 116 valence electrons. The molecule has 0 radical (unpaired) electrons. The Balaban J connectivity index is 2.15. The molecule has 4 heteroatoms. The maximum absolute atomic E-state index is 12.6. The molecule has 0 aromatic heterocycles. The maximum atomic E-state index is 12.6. The fourth-order valence-corrected chi connectivity index (χ4v) is 4.42. The first-order chi connectivity index (χ1) is 10.2. The Hall–Kier alpha value is -1.81. The number of allylic oxidation sites excluding steroid dienone is 1. The van der Waals surface area contributed by atoms with Crippen LogP contribution in [-0.4, -0.2) is 8.07 Å². The van der Waals surface area contributed by atoms with Crippen molar-refractivity contribution in [2.75, 3.05) is 0 Å². The Morgan fingerprint density at radius 3 is 2.00 bits per heavy atom. The largest absolute Gasteiger partial charge is 0.416 e. The molecule has 0 fully saturated rings. The second kappa shape index (κ2) is 6.13. The molecular weight excluding hydrogens is 301 g/mol. The maximum Gasteiger partial charge on any atom is 0.416 e. The second-order valence-corrected chi connectivity index (χ2v) is 10.5. The molecule has 0 saturated heterocycles. The molecule has 22 heavy (non-hydrogen) atoms. The monoisotopic (exact) mass is 320 g/mol. The molecule has 0 amide bonds. The summed E-state index contributed by atoms with van der Waals surface area (Å²) in [6, 6.07) is 15.6. The van der Waals surface area contributed by atoms with Crippen LogP contribution < -0.4 is 5.19 Å². The van der Waals surface area contributed by atoms with E-state index in [9.17, 15) is 13.2 Å². The fourth-order valence-electron chi connectivity index (χ4n) is 2.34. The molecule has 0 unspecified atom stereocenters. The highest BCUT2D eigenvalue weighted by molar-refractivity contribution is 6.95. The summed E-state index contributed by atoms with van der Waals surface area (Å²) >= 11 is 0. The lowest BCUT2D eigenvalue weighted by Gasteiger charge is -2.26. The quantitative estimate of drug-likeness (QED) is 0.699. The van der Waals surface area contributed by atoms with Gasteiger partial charge in [0.1, 0.15) is 8.07 Å². The van der Waals surface area contributed by atoms with Gasteiger partial charge >= 0.3 is 6.18 Å². The normalized spacial score (nSPS) is 12.2. The van der Waals surface area contributed by atoms with E-state index in [4.69, 9.17) is 0 Å². The van der Waals surface area contributed by atoms with Gasteiger partial charge in [0, 0.05) is 0 Å². The molecule has 0 N–H and O–H groups in total. The second-order valence-electron chi connectivity index (χ2n) is 5.97. The van der Waals surface area contributed by atoms with E-state index < -0.39 is 19.8 Å². The Morgan fingerprint density at radius 1 is 0.955 bits per heavy atom. The van der Waals surface area contributed by atoms with E-state index in [0.29, 0.717) is 6.42 Å². The number of halogens is 3. The number of rotatable bonds is 4. The zero-order chi connectivity index (χ0) is 16.4. The van der Waals surface area contributed by atoms with Gasteiger partial charge in [-0.05, 0) is 24.1 Å². The minimum absolute atomic E-state index is 0.610. The van der Waals surface area contributed by atoms with Gasteiger partial charge in [0.2, 0.25) is 0 Å². The first-order valence-corrected chi connectivity index (χ1v) is 10.1. The number of benzene rings is 2. The van der Waals surface area contributed by atoms with Gasteiger partial charge in [0.15, 0.2) is 0 Å². The van der Waals surface area contributed by atoms with Crippen molar-refractivity contribution in [1.29, 1.82) is 0 Å². The standard InChI is InChI=1S/C18H19F3Si/c1-14(22(2,3)17-7-5-4-6-8-17)13-15-9-11-16(12-10-15)18(19,20)21/h4-12H,1,13H2,2-3H3. The van der Waals surface area contributed by atoms with E-state index in [0.717, 1.165) is 22.9 Å². The van der Waals surface area contributed by atoms with Gasteiger partial charge < -0.3 is 0 Å². The molecule has 0 heterocycles. The van der Waals surface area contributed by atoms with E-state index in [1.165, 1.54) is 5.19 Å². The summed E-state index contributed by atoms with van der Waals surface area (Å²) in [5, 5.41) is 2.39. The lowest BCUT2D eigenvalue weighted by Crippen LogP contribution is -2.44. The molecule has 0 aliphatic carbocycles. The van der Waals surface area contributed by atoms with Crippen LogP contribution >= 0.6 is 0 Å². The molecule has 0 aliphatic heterocycles. The molecule has 0 atom stereocenters. The zero-order valence-electron chi connectivity index (χ0n) is 12.7. The van der Waals surface area contributed by atoms with Crippen molar-refractivity contribution in [3.8, 4) is 0 Å². The molecule has 2 aromatic rings. The topological polar surface area (TPSA) is 0 Å². The van der Waals surface area contributed by atoms with E-state index in [2.05, 4.69) is 31.8 Å². The van der Waals surface area contributed by atoms with Crippen molar-refractivity contribution < 1.29 is 13.2 Å². The molecule has 2 rings (SSSR count). The molecule has 0 spiro atoms. The zero-order valence-corrected chi connectivity index (χ0v) is 13.7. The van der Waals surface area contributed by atoms with Gasteiger partial charge in [0.25, 0.3) is 0 Å². The van der Waals surface area contributed by atoms with Gasteiger partial charge in [-0.15, -0.1) is 6.58 Å². The molecule has 2 aromatic carbocycles. The molecular formula is C18H19F3Si. The van der Waals surface area contributed by atoms with Crippen molar-refractivity contribution >= 4 is 13.3 Å². The summed E-state index contributed by atoms with van der Waals surface area (Å²) in [7, 11) is -1.83. The van der Waals surface area contributed by atoms with Gasteiger partial charge in [-0.2, -0.15) is 13.2 Å². The van der Waals surface area contributed by atoms with Crippen LogP contribution in [0.1, 0.15) is 11.1 Å². The summed E-state index contributed by atoms with van der Waals surface area (Å²) < 4.78 is 37.7. The number of alkyl halides is 3. The third-order valence-electron chi connectivity index (χ3n) is 4.08. The van der Waals surface area contributed by atoms with E-state index in [1.54, 1.807) is 12.1 Å². The van der Waals surface area contributed by atoms with E-state index >= 15 is 0 Å². The Bertz CT molecular complexity index is 640. The molecule has 0 bridgehead atoms. The first-order valence-electron chi connectivity index (χ1n) is 7.11. The summed E-state index contributed by atoms with van der Waals surface area (Å²) in [4.78, 5) is 0. The Kier molecular flexibility index (Phi) is 4.61. The minimum Gasteiger partial charge on any atom is -0.166 e. The third kappa shape index (κ3) is 3.68. The lowest BCUT2D eigenvalue weighted by atomic mass is 10.1. The highest BCUT2D eigenvalue weighted by atomic mass is 28.3. The van der Waals surface area contributed by atoms with Gasteiger partial charge in [-0.1, -0.05) is 65.9 Å². The Morgan fingerprint density at radius 2 is 1.50 bits per heavy atom. The van der Waals surface area contributed by atoms with Crippen LogP contribution in [0.2, 0.25) is 13.1 Å². The minimum atomic E-state index is -4.28. The fraction of sp³-hybridized carbons (Fsp3) is 0.222. The van der Waals surface area contributed by atoms with Crippen LogP contribution in [0, 0.1) is 0 Å². The Labute approximate surface area is 130 Å². The number of hydrogen-bond donors (Lipinski definition) is 0. The lowest BCUT2D eigenvalue weighted by molar-refractivity contribution is -0.137. The van der Waals surface area contributed by atoms with Crippen molar-refractivity contribution in [3.05, 3.63) is 77.5 Å². The van der Waals surface area contributed by atoms with Crippen LogP contribution in [0.4, 0.5) is 13.2 Å². The van der Waals surface area contributed by atoms with Crippen molar-refractivity contribution in [2.24, 2.45) is 0 Å². The average Bonchev–Trinajstić information content (AvgIpc) is 2.47. The van der Waals surface area contributed by atoms with Crippen molar-refractivity contribution in [3.63, 3.8) is 0 Å². The van der Waals surface area contributed by atoms with Gasteiger partial charge in [-0.3, -0.25) is 0 Å². The number of hydrogen-bond acceptors (Lipinski definition) is 0. The average molecular weight is 320 g/mol. The first kappa shape index (κ1) is 16.6. The summed E-state index contributed by atoms with van der Waals surface area (Å²) in [6.07, 6.45) is -3.67. The van der Waals surface area contributed by atoms with E-state index in [-0.39, 0.29) is 0 Å². The van der Waals surface area contributed by atoms with Gasteiger partial charge in [0.05, 0.1) is 5.56 Å². The highest BCUT2D eigenvalue weighted by Crippen LogP contribution is 2.29. The molecule has 0 aliphatic rings.